The zero-order valence-corrected chi connectivity index (χ0v) is 36.1. The predicted molar refractivity (Wildman–Crippen MR) is 240 cm³/mol. The smallest absolute Gasteiger partial charge is 0.0146 e. The predicted octanol–water partition coefficient (Wildman–Crippen LogP) is 15.0. The molecule has 5 aromatic rings. The molecule has 0 heterocycles. The van der Waals surface area contributed by atoms with Crippen molar-refractivity contribution in [2.45, 2.75) is 131 Å². The molecule has 0 heteroatoms. The summed E-state index contributed by atoms with van der Waals surface area (Å²) < 4.78 is 0. The van der Waals surface area contributed by atoms with Crippen molar-refractivity contribution >= 4 is 12.2 Å². The second-order valence-corrected chi connectivity index (χ2v) is 21.0. The number of rotatable bonds is 6. The molecule has 0 bridgehead atoms. The highest BCUT2D eigenvalue weighted by atomic mass is 14.4. The normalized spacial score (nSPS) is 14.8. The fourth-order valence-corrected chi connectivity index (χ4v) is 8.68. The van der Waals surface area contributed by atoms with E-state index in [2.05, 4.69) is 205 Å². The molecule has 0 fully saturated rings. The standard InChI is InChI=1S/C55H64/c1-51(2,3)41-27-39(28-42(31-41)52(4,5)6)47-23-17-21-37-25-45(33-49(37)47)55(13,35-36-19-15-14-16-20-36)46-26-38-22-18-24-48(50(38)34-46)40-29-43(53(7,8)9)32-44(30-40)54(10,11)12/h14-24,27-34H,25-26,35H2,1-13H3. The van der Waals surface area contributed by atoms with E-state index in [1.807, 2.05) is 0 Å². The maximum atomic E-state index is 2.58. The summed E-state index contributed by atoms with van der Waals surface area (Å²) in [5, 5.41) is 0. The maximum Gasteiger partial charge on any atom is 0.0146 e. The van der Waals surface area contributed by atoms with Crippen molar-refractivity contribution in [3.05, 3.63) is 164 Å². The van der Waals surface area contributed by atoms with Crippen LogP contribution in [0.4, 0.5) is 0 Å². The first-order valence-electron chi connectivity index (χ1n) is 20.6. The molecule has 2 aliphatic carbocycles. The molecule has 0 nitrogen and oxygen atoms in total. The van der Waals surface area contributed by atoms with Crippen molar-refractivity contribution in [3.63, 3.8) is 0 Å². The Morgan fingerprint density at radius 3 is 1.11 bits per heavy atom. The summed E-state index contributed by atoms with van der Waals surface area (Å²) in [6.07, 6.45) is 8.09. The van der Waals surface area contributed by atoms with Crippen molar-refractivity contribution in [1.82, 2.24) is 0 Å². The van der Waals surface area contributed by atoms with E-state index in [4.69, 9.17) is 0 Å². The van der Waals surface area contributed by atoms with E-state index in [-0.39, 0.29) is 27.1 Å². The largest absolute Gasteiger partial charge is 0.0622 e. The van der Waals surface area contributed by atoms with E-state index in [0.717, 1.165) is 19.3 Å². The van der Waals surface area contributed by atoms with Crippen LogP contribution < -0.4 is 0 Å². The van der Waals surface area contributed by atoms with Gasteiger partial charge in [0.1, 0.15) is 0 Å². The second kappa shape index (κ2) is 13.7. The zero-order chi connectivity index (χ0) is 39.7. The van der Waals surface area contributed by atoms with E-state index in [1.165, 1.54) is 83.5 Å². The van der Waals surface area contributed by atoms with Crippen LogP contribution in [0.3, 0.4) is 0 Å². The Labute approximate surface area is 333 Å². The highest BCUT2D eigenvalue weighted by molar-refractivity contribution is 5.85. The molecule has 0 radical (unpaired) electrons. The summed E-state index contributed by atoms with van der Waals surface area (Å²) in [5.74, 6) is 0. The van der Waals surface area contributed by atoms with Gasteiger partial charge >= 0.3 is 0 Å². The number of allylic oxidation sites excluding steroid dienone is 2. The highest BCUT2D eigenvalue weighted by Gasteiger charge is 2.38. The monoisotopic (exact) mass is 725 g/mol. The third-order valence-electron chi connectivity index (χ3n) is 12.6. The van der Waals surface area contributed by atoms with Crippen LogP contribution in [0.15, 0.2) is 114 Å². The average Bonchev–Trinajstić information content (AvgIpc) is 3.76. The van der Waals surface area contributed by atoms with Crippen LogP contribution >= 0.6 is 0 Å². The van der Waals surface area contributed by atoms with Gasteiger partial charge in [0.25, 0.3) is 0 Å². The van der Waals surface area contributed by atoms with Gasteiger partial charge in [0.15, 0.2) is 0 Å². The fourth-order valence-electron chi connectivity index (χ4n) is 8.68. The maximum absolute atomic E-state index is 2.58. The Morgan fingerprint density at radius 1 is 0.400 bits per heavy atom. The first-order chi connectivity index (χ1) is 25.6. The topological polar surface area (TPSA) is 0 Å². The molecule has 55 heavy (non-hydrogen) atoms. The molecule has 0 saturated carbocycles. The van der Waals surface area contributed by atoms with Crippen LogP contribution in [-0.4, -0.2) is 0 Å². The molecule has 0 atom stereocenters. The van der Waals surface area contributed by atoms with E-state index in [9.17, 15) is 0 Å². The van der Waals surface area contributed by atoms with Gasteiger partial charge in [0.2, 0.25) is 0 Å². The van der Waals surface area contributed by atoms with Gasteiger partial charge in [-0.25, -0.2) is 0 Å². The van der Waals surface area contributed by atoms with Gasteiger partial charge in [-0.05, 0) is 113 Å². The van der Waals surface area contributed by atoms with Gasteiger partial charge in [-0.3, -0.25) is 0 Å². The first-order valence-corrected chi connectivity index (χ1v) is 20.6. The summed E-state index contributed by atoms with van der Waals surface area (Å²) in [6.45, 7) is 30.6. The minimum Gasteiger partial charge on any atom is -0.0622 e. The lowest BCUT2D eigenvalue weighted by atomic mass is 9.70. The van der Waals surface area contributed by atoms with Crippen LogP contribution in [0.1, 0.15) is 140 Å². The molecule has 0 aromatic heterocycles. The Hall–Kier alpha value is -4.42. The van der Waals surface area contributed by atoms with E-state index < -0.39 is 0 Å². The van der Waals surface area contributed by atoms with Crippen LogP contribution in [0.25, 0.3) is 34.4 Å². The second-order valence-electron chi connectivity index (χ2n) is 21.0. The molecule has 284 valence electrons. The van der Waals surface area contributed by atoms with E-state index in [1.54, 1.807) is 0 Å². The highest BCUT2D eigenvalue weighted by Crippen LogP contribution is 2.51. The van der Waals surface area contributed by atoms with Gasteiger partial charge in [0.05, 0.1) is 0 Å². The molecular weight excluding hydrogens is 661 g/mol. The molecule has 0 amide bonds. The van der Waals surface area contributed by atoms with Gasteiger partial charge in [0, 0.05) is 5.41 Å². The third-order valence-corrected chi connectivity index (χ3v) is 12.6. The van der Waals surface area contributed by atoms with Crippen molar-refractivity contribution < 1.29 is 0 Å². The third kappa shape index (κ3) is 7.72. The summed E-state index contributed by atoms with van der Waals surface area (Å²) in [4.78, 5) is 0. The molecule has 0 unspecified atom stereocenters. The van der Waals surface area contributed by atoms with Gasteiger partial charge in [-0.1, -0.05) is 216 Å². The number of hydrogen-bond acceptors (Lipinski definition) is 0. The Kier molecular flexibility index (Phi) is 9.64. The molecule has 0 N–H and O–H groups in total. The van der Waals surface area contributed by atoms with Crippen molar-refractivity contribution in [1.29, 1.82) is 0 Å². The lowest BCUT2D eigenvalue weighted by Crippen LogP contribution is -2.25. The minimum atomic E-state index is -0.151. The number of fused-ring (bicyclic) bond motifs is 2. The van der Waals surface area contributed by atoms with Crippen molar-refractivity contribution in [3.8, 4) is 22.3 Å². The fraction of sp³-hybridized carbons (Fsp3) is 0.382. The molecule has 0 aliphatic heterocycles. The molecule has 2 aliphatic rings. The molecule has 5 aromatic carbocycles. The summed E-state index contributed by atoms with van der Waals surface area (Å²) >= 11 is 0. The SMILES string of the molecule is CC(Cc1ccccc1)(C1=Cc2c(cccc2-c2cc(C(C)(C)C)cc(C(C)(C)C)c2)C1)C1=Cc2c(cccc2-c2cc(C(C)(C)C)cc(C(C)(C)C)c2)C1. The van der Waals surface area contributed by atoms with E-state index >= 15 is 0 Å². The van der Waals surface area contributed by atoms with Gasteiger partial charge in [-0.2, -0.15) is 0 Å². The lowest BCUT2D eigenvalue weighted by molar-refractivity contribution is 0.466. The number of hydrogen-bond donors (Lipinski definition) is 0. The Balaban J connectivity index is 1.37. The van der Waals surface area contributed by atoms with Crippen LogP contribution in [0.5, 0.6) is 0 Å². The van der Waals surface area contributed by atoms with E-state index in [0.29, 0.717) is 0 Å². The van der Waals surface area contributed by atoms with Crippen molar-refractivity contribution in [2.75, 3.05) is 0 Å². The summed E-state index contributed by atoms with van der Waals surface area (Å²) in [7, 11) is 0. The first kappa shape index (κ1) is 38.8. The Bertz CT molecular complexity index is 2100. The lowest BCUT2D eigenvalue weighted by Gasteiger charge is -2.34. The Morgan fingerprint density at radius 2 is 0.764 bits per heavy atom. The van der Waals surface area contributed by atoms with Gasteiger partial charge < -0.3 is 0 Å². The minimum absolute atomic E-state index is 0.0639. The molecule has 0 spiro atoms. The average molecular weight is 725 g/mol. The molecular formula is C55H64. The summed E-state index contributed by atoms with van der Waals surface area (Å²) in [6, 6.07) is 39.9. The number of benzene rings is 5. The quantitative estimate of drug-likeness (QED) is 0.164. The molecule has 7 rings (SSSR count). The van der Waals surface area contributed by atoms with Crippen molar-refractivity contribution in [2.24, 2.45) is 5.41 Å². The van der Waals surface area contributed by atoms with Crippen LogP contribution in [0.2, 0.25) is 0 Å². The van der Waals surface area contributed by atoms with Gasteiger partial charge in [-0.15, -0.1) is 0 Å². The van der Waals surface area contributed by atoms with Crippen LogP contribution in [0, 0.1) is 5.41 Å². The zero-order valence-electron chi connectivity index (χ0n) is 36.1. The molecule has 0 saturated heterocycles. The summed E-state index contributed by atoms with van der Waals surface area (Å²) in [5.41, 5.74) is 21.2. The van der Waals surface area contributed by atoms with Crippen LogP contribution in [-0.2, 0) is 40.9 Å².